The molecule has 0 spiro atoms. The molecule has 144 valence electrons. The summed E-state index contributed by atoms with van der Waals surface area (Å²) in [5.74, 6) is 1.73. The van der Waals surface area contributed by atoms with E-state index in [1.165, 1.54) is 10.6 Å². The van der Waals surface area contributed by atoms with E-state index in [-0.39, 0.29) is 24.6 Å². The van der Waals surface area contributed by atoms with Crippen LogP contribution in [0.2, 0.25) is 5.02 Å². The van der Waals surface area contributed by atoms with Crippen LogP contribution in [0.4, 0.5) is 0 Å². The van der Waals surface area contributed by atoms with Crippen molar-refractivity contribution in [2.75, 3.05) is 0 Å². The molecule has 0 saturated carbocycles. The second-order valence-corrected chi connectivity index (χ2v) is 7.02. The number of benzene rings is 1. The summed E-state index contributed by atoms with van der Waals surface area (Å²) in [5, 5.41) is 7.66. The number of allylic oxidation sites excluding steroid dienone is 2. The van der Waals surface area contributed by atoms with Crippen molar-refractivity contribution < 1.29 is 4.74 Å². The highest BCUT2D eigenvalue weighted by Gasteiger charge is 2.19. The minimum Gasteiger partial charge on any atom is -0.487 e. The molecule has 2 aromatic heterocycles. The van der Waals surface area contributed by atoms with Crippen molar-refractivity contribution in [1.29, 1.82) is 0 Å². The lowest BCUT2D eigenvalue weighted by Crippen LogP contribution is -2.17. The van der Waals surface area contributed by atoms with Crippen molar-refractivity contribution in [3.63, 3.8) is 0 Å². The molecule has 0 aliphatic heterocycles. The van der Waals surface area contributed by atoms with Crippen molar-refractivity contribution in [3.05, 3.63) is 73.8 Å². The Kier molecular flexibility index (Phi) is 5.21. The molecule has 9 heteroatoms. The van der Waals surface area contributed by atoms with E-state index in [0.29, 0.717) is 33.6 Å². The fraction of sp³-hybridized carbons (Fsp3) is 0.316. The molecule has 0 saturated heterocycles. The molecule has 0 radical (unpaired) electrons. The first-order chi connectivity index (χ1) is 13.7. The first-order valence-corrected chi connectivity index (χ1v) is 9.36. The van der Waals surface area contributed by atoms with Gasteiger partial charge in [-0.15, -0.1) is 5.10 Å². The van der Waals surface area contributed by atoms with Crippen LogP contribution in [-0.2, 0) is 13.2 Å². The van der Waals surface area contributed by atoms with E-state index < -0.39 is 0 Å². The minimum absolute atomic E-state index is 0.0894. The van der Waals surface area contributed by atoms with Gasteiger partial charge in [0.25, 0.3) is 5.56 Å². The van der Waals surface area contributed by atoms with E-state index >= 15 is 0 Å². The molecular formula is C19H18ClN5O3. The summed E-state index contributed by atoms with van der Waals surface area (Å²) in [6.45, 7) is 0.000231. The number of nitrogens with one attached hydrogen (secondary N) is 1. The highest BCUT2D eigenvalue weighted by molar-refractivity contribution is 6.31. The summed E-state index contributed by atoms with van der Waals surface area (Å²) < 4.78 is 7.04. The third-order valence-electron chi connectivity index (χ3n) is 4.72. The average molecular weight is 400 g/mol. The molecule has 28 heavy (non-hydrogen) atoms. The van der Waals surface area contributed by atoms with E-state index in [9.17, 15) is 9.70 Å². The topological polar surface area (TPSA) is 102 Å². The van der Waals surface area contributed by atoms with E-state index in [0.717, 1.165) is 19.3 Å². The molecule has 8 nitrogen and oxygen atoms in total. The van der Waals surface area contributed by atoms with Gasteiger partial charge in [0.2, 0.25) is 5.78 Å². The molecule has 2 heterocycles. The number of halogens is 1. The highest BCUT2D eigenvalue weighted by atomic mass is 35.5. The number of aromatic nitrogens is 4. The molecule has 0 amide bonds. The zero-order valence-electron chi connectivity index (χ0n) is 15.0. The van der Waals surface area contributed by atoms with E-state index in [1.54, 1.807) is 18.2 Å². The SMILES string of the molecule is O=NCc1c(Cl)cccc1OCc1cc(=O)n2nc(C3CC=CCC3)nc2[nH]1. The Labute approximate surface area is 165 Å². The number of hydrogen-bond donors (Lipinski definition) is 1. The third-order valence-corrected chi connectivity index (χ3v) is 5.07. The molecular weight excluding hydrogens is 382 g/mol. The van der Waals surface area contributed by atoms with Crippen molar-refractivity contribution in [3.8, 4) is 5.75 Å². The monoisotopic (exact) mass is 399 g/mol. The van der Waals surface area contributed by atoms with Gasteiger partial charge in [-0.25, -0.2) is 0 Å². The van der Waals surface area contributed by atoms with Gasteiger partial charge in [-0.3, -0.25) is 4.79 Å². The zero-order chi connectivity index (χ0) is 19.5. The lowest BCUT2D eigenvalue weighted by Gasteiger charge is -2.12. The van der Waals surface area contributed by atoms with Crippen molar-refractivity contribution in [2.24, 2.45) is 5.18 Å². The van der Waals surface area contributed by atoms with Gasteiger partial charge < -0.3 is 9.72 Å². The Bertz CT molecular complexity index is 1100. The Morgan fingerprint density at radius 3 is 3.04 bits per heavy atom. The zero-order valence-corrected chi connectivity index (χ0v) is 15.7. The van der Waals surface area contributed by atoms with Crippen LogP contribution in [0.1, 0.15) is 42.3 Å². The first-order valence-electron chi connectivity index (χ1n) is 8.99. The minimum atomic E-state index is -0.279. The van der Waals surface area contributed by atoms with Gasteiger partial charge in [-0.1, -0.05) is 35.0 Å². The van der Waals surface area contributed by atoms with Gasteiger partial charge in [0.1, 0.15) is 18.9 Å². The number of H-pyrrole nitrogens is 1. The predicted octanol–water partition coefficient (Wildman–Crippen LogP) is 3.74. The van der Waals surface area contributed by atoms with Gasteiger partial charge in [0.05, 0.1) is 5.69 Å². The van der Waals surface area contributed by atoms with Crippen LogP contribution < -0.4 is 10.3 Å². The van der Waals surface area contributed by atoms with Gasteiger partial charge in [0, 0.05) is 22.6 Å². The van der Waals surface area contributed by atoms with Gasteiger partial charge >= 0.3 is 0 Å². The smallest absolute Gasteiger partial charge is 0.276 e. The summed E-state index contributed by atoms with van der Waals surface area (Å²) in [4.78, 5) is 30.7. The standard InChI is InChI=1S/C19H18ClN5O3/c20-15-7-4-8-16(14(15)10-21-27)28-11-13-9-17(26)25-19(22-13)23-18(24-25)12-5-2-1-3-6-12/h1-2,4,7-9,12H,3,5-6,10-11H2,(H,22,23,24). The molecule has 0 bridgehead atoms. The number of fused-ring (bicyclic) bond motifs is 1. The fourth-order valence-corrected chi connectivity index (χ4v) is 3.50. The van der Waals surface area contributed by atoms with Crippen LogP contribution >= 0.6 is 11.6 Å². The van der Waals surface area contributed by atoms with Crippen LogP contribution in [0.5, 0.6) is 5.75 Å². The van der Waals surface area contributed by atoms with Crippen LogP contribution in [0.25, 0.3) is 5.78 Å². The summed E-state index contributed by atoms with van der Waals surface area (Å²) in [5.41, 5.74) is 0.779. The third kappa shape index (κ3) is 3.68. The number of rotatable bonds is 6. The fourth-order valence-electron chi connectivity index (χ4n) is 3.28. The van der Waals surface area contributed by atoms with E-state index in [2.05, 4.69) is 32.4 Å². The van der Waals surface area contributed by atoms with Crippen molar-refractivity contribution in [2.45, 2.75) is 38.3 Å². The second-order valence-electron chi connectivity index (χ2n) is 6.61. The molecule has 1 aliphatic carbocycles. The van der Waals surface area contributed by atoms with Crippen LogP contribution in [0.3, 0.4) is 0 Å². The quantitative estimate of drug-likeness (QED) is 0.502. The Morgan fingerprint density at radius 2 is 2.25 bits per heavy atom. The van der Waals surface area contributed by atoms with Crippen LogP contribution in [0, 0.1) is 4.91 Å². The molecule has 3 aromatic rings. The van der Waals surface area contributed by atoms with E-state index in [4.69, 9.17) is 16.3 Å². The van der Waals surface area contributed by atoms with Gasteiger partial charge in [0.15, 0.2) is 5.82 Å². The van der Waals surface area contributed by atoms with Gasteiger partial charge in [-0.05, 0) is 31.4 Å². The molecule has 1 unspecified atom stereocenters. The van der Waals surface area contributed by atoms with Crippen LogP contribution in [-0.4, -0.2) is 19.6 Å². The largest absolute Gasteiger partial charge is 0.487 e. The highest BCUT2D eigenvalue weighted by Crippen LogP contribution is 2.28. The number of aromatic amines is 1. The van der Waals surface area contributed by atoms with Crippen molar-refractivity contribution >= 4 is 17.4 Å². The first kappa shape index (κ1) is 18.4. The van der Waals surface area contributed by atoms with E-state index in [1.807, 2.05) is 0 Å². The summed E-state index contributed by atoms with van der Waals surface area (Å²) in [7, 11) is 0. The molecule has 4 rings (SSSR count). The number of nitroso groups, excluding NO2 is 1. The lowest BCUT2D eigenvalue weighted by molar-refractivity contribution is 0.298. The Morgan fingerprint density at radius 1 is 1.36 bits per heavy atom. The Hall–Kier alpha value is -3.00. The maximum absolute atomic E-state index is 12.4. The lowest BCUT2D eigenvalue weighted by atomic mass is 9.94. The molecule has 0 fully saturated rings. The average Bonchev–Trinajstić information content (AvgIpc) is 3.14. The maximum atomic E-state index is 12.4. The Balaban J connectivity index is 1.58. The van der Waals surface area contributed by atoms with Crippen molar-refractivity contribution in [1.82, 2.24) is 19.6 Å². The number of ether oxygens (including phenoxy) is 1. The predicted molar refractivity (Wildman–Crippen MR) is 105 cm³/mol. The molecule has 1 aromatic carbocycles. The number of nitrogens with zero attached hydrogens (tertiary/aromatic N) is 4. The summed E-state index contributed by atoms with van der Waals surface area (Å²) in [6, 6.07) is 6.52. The summed E-state index contributed by atoms with van der Waals surface area (Å²) >= 11 is 6.11. The maximum Gasteiger partial charge on any atom is 0.276 e. The van der Waals surface area contributed by atoms with Gasteiger partial charge in [-0.2, -0.15) is 14.4 Å². The normalized spacial score (nSPS) is 16.4. The molecule has 1 atom stereocenters. The summed E-state index contributed by atoms with van der Waals surface area (Å²) in [6.07, 6.45) is 7.11. The van der Waals surface area contributed by atoms with Crippen LogP contribution in [0.15, 0.2) is 46.4 Å². The molecule has 1 N–H and O–H groups in total. The second kappa shape index (κ2) is 7.93. The molecule has 1 aliphatic rings. The number of hydrogen-bond acceptors (Lipinski definition) is 6.